The number of methoxy groups -OCH3 is 1. The summed E-state index contributed by atoms with van der Waals surface area (Å²) in [6.45, 7) is 0. The Balaban J connectivity index is 1.75. The van der Waals surface area contributed by atoms with Gasteiger partial charge in [0, 0.05) is 5.56 Å². The average molecular weight is 389 g/mol. The van der Waals surface area contributed by atoms with E-state index in [2.05, 4.69) is 5.32 Å². The Morgan fingerprint density at radius 1 is 0.862 bits per heavy atom. The van der Waals surface area contributed by atoms with Gasteiger partial charge in [-0.2, -0.15) is 0 Å². The van der Waals surface area contributed by atoms with Gasteiger partial charge in [-0.05, 0) is 48.0 Å². The lowest BCUT2D eigenvalue weighted by molar-refractivity contribution is -0.132. The fourth-order valence-electron chi connectivity index (χ4n) is 2.56. The molecule has 146 valence electrons. The molecule has 0 unspecified atom stereocenters. The SMILES string of the molecule is COc1ccccc1Oc1ccc(/C=C(/NC(=O)c2ccccc2)C(=O)O)cc1. The van der Waals surface area contributed by atoms with Crippen LogP contribution in [0.2, 0.25) is 0 Å². The Hall–Kier alpha value is -4.06. The maximum absolute atomic E-state index is 12.2. The van der Waals surface area contributed by atoms with Crippen LogP contribution in [0.1, 0.15) is 15.9 Å². The summed E-state index contributed by atoms with van der Waals surface area (Å²) in [6, 6.07) is 22.5. The van der Waals surface area contributed by atoms with Crippen LogP contribution < -0.4 is 14.8 Å². The molecule has 6 heteroatoms. The normalized spacial score (nSPS) is 10.9. The Labute approximate surface area is 168 Å². The molecule has 0 saturated heterocycles. The summed E-state index contributed by atoms with van der Waals surface area (Å²) in [6.07, 6.45) is 1.38. The summed E-state index contributed by atoms with van der Waals surface area (Å²) in [5, 5.41) is 11.8. The number of hydrogen-bond acceptors (Lipinski definition) is 4. The summed E-state index contributed by atoms with van der Waals surface area (Å²) in [4.78, 5) is 23.7. The van der Waals surface area contributed by atoms with Crippen molar-refractivity contribution in [1.29, 1.82) is 0 Å². The smallest absolute Gasteiger partial charge is 0.352 e. The zero-order valence-electron chi connectivity index (χ0n) is 15.7. The summed E-state index contributed by atoms with van der Waals surface area (Å²) in [5.74, 6) is 0.0174. The van der Waals surface area contributed by atoms with Crippen molar-refractivity contribution >= 4 is 18.0 Å². The minimum Gasteiger partial charge on any atom is -0.493 e. The summed E-state index contributed by atoms with van der Waals surface area (Å²) in [7, 11) is 1.56. The molecule has 0 spiro atoms. The van der Waals surface area contributed by atoms with E-state index in [1.807, 2.05) is 12.1 Å². The third-order valence-electron chi connectivity index (χ3n) is 4.00. The number of hydrogen-bond donors (Lipinski definition) is 2. The summed E-state index contributed by atoms with van der Waals surface area (Å²) >= 11 is 0. The molecule has 0 heterocycles. The van der Waals surface area contributed by atoms with Gasteiger partial charge in [-0.1, -0.05) is 42.5 Å². The number of aliphatic carboxylic acids is 1. The molecule has 29 heavy (non-hydrogen) atoms. The van der Waals surface area contributed by atoms with Gasteiger partial charge in [-0.25, -0.2) is 4.79 Å². The third-order valence-corrected chi connectivity index (χ3v) is 4.00. The lowest BCUT2D eigenvalue weighted by atomic mass is 10.1. The molecule has 0 atom stereocenters. The average Bonchev–Trinajstić information content (AvgIpc) is 2.75. The number of carbonyl (C=O) groups excluding carboxylic acids is 1. The fourth-order valence-corrected chi connectivity index (χ4v) is 2.56. The van der Waals surface area contributed by atoms with Gasteiger partial charge >= 0.3 is 5.97 Å². The largest absolute Gasteiger partial charge is 0.493 e. The molecular formula is C23H19NO5. The highest BCUT2D eigenvalue weighted by molar-refractivity contribution is 6.02. The van der Waals surface area contributed by atoms with Crippen molar-refractivity contribution in [2.24, 2.45) is 0 Å². The molecule has 0 fully saturated rings. The Morgan fingerprint density at radius 3 is 2.10 bits per heavy atom. The number of nitrogens with one attached hydrogen (secondary N) is 1. The fraction of sp³-hybridized carbons (Fsp3) is 0.0435. The number of amides is 1. The molecular weight excluding hydrogens is 370 g/mol. The van der Waals surface area contributed by atoms with E-state index in [4.69, 9.17) is 9.47 Å². The quantitative estimate of drug-likeness (QED) is 0.587. The maximum Gasteiger partial charge on any atom is 0.352 e. The minimum absolute atomic E-state index is 0.225. The van der Waals surface area contributed by atoms with Crippen molar-refractivity contribution in [1.82, 2.24) is 5.32 Å². The number of carboxylic acid groups (broad SMARTS) is 1. The summed E-state index contributed by atoms with van der Waals surface area (Å²) < 4.78 is 11.1. The first-order chi connectivity index (χ1) is 14.1. The Bertz CT molecular complexity index is 1030. The van der Waals surface area contributed by atoms with E-state index in [0.29, 0.717) is 28.4 Å². The van der Waals surface area contributed by atoms with Gasteiger partial charge in [-0.15, -0.1) is 0 Å². The first kappa shape index (κ1) is 19.7. The molecule has 2 N–H and O–H groups in total. The molecule has 0 bridgehead atoms. The highest BCUT2D eigenvalue weighted by atomic mass is 16.5. The van der Waals surface area contributed by atoms with Crippen LogP contribution in [0.3, 0.4) is 0 Å². The molecule has 3 aromatic rings. The van der Waals surface area contributed by atoms with Crippen molar-refractivity contribution in [2.45, 2.75) is 0 Å². The predicted octanol–water partition coefficient (Wildman–Crippen LogP) is 4.34. The first-order valence-corrected chi connectivity index (χ1v) is 8.79. The van der Waals surface area contributed by atoms with E-state index >= 15 is 0 Å². The van der Waals surface area contributed by atoms with Gasteiger partial charge in [0.2, 0.25) is 0 Å². The lowest BCUT2D eigenvalue weighted by Crippen LogP contribution is -2.27. The number of para-hydroxylation sites is 2. The second-order valence-corrected chi connectivity index (χ2v) is 6.01. The van der Waals surface area contributed by atoms with Gasteiger partial charge in [0.15, 0.2) is 11.5 Å². The van der Waals surface area contributed by atoms with E-state index in [0.717, 1.165) is 0 Å². The molecule has 3 rings (SSSR count). The molecule has 1 amide bonds. The van der Waals surface area contributed by atoms with Crippen molar-refractivity contribution in [3.63, 3.8) is 0 Å². The van der Waals surface area contributed by atoms with E-state index in [1.165, 1.54) is 6.08 Å². The lowest BCUT2D eigenvalue weighted by Gasteiger charge is -2.10. The van der Waals surface area contributed by atoms with Gasteiger partial charge < -0.3 is 19.9 Å². The van der Waals surface area contributed by atoms with E-state index in [9.17, 15) is 14.7 Å². The van der Waals surface area contributed by atoms with Crippen LogP contribution in [-0.2, 0) is 4.79 Å². The monoisotopic (exact) mass is 389 g/mol. The van der Waals surface area contributed by atoms with E-state index < -0.39 is 11.9 Å². The topological polar surface area (TPSA) is 84.9 Å². The molecule has 0 aromatic heterocycles. The van der Waals surface area contributed by atoms with Crippen LogP contribution in [0, 0.1) is 0 Å². The molecule has 6 nitrogen and oxygen atoms in total. The molecule has 0 aliphatic rings. The number of carbonyl (C=O) groups is 2. The number of ether oxygens (including phenoxy) is 2. The van der Waals surface area contributed by atoms with Crippen LogP contribution in [0.5, 0.6) is 17.2 Å². The number of rotatable bonds is 7. The predicted molar refractivity (Wildman–Crippen MR) is 109 cm³/mol. The molecule has 0 saturated carbocycles. The Morgan fingerprint density at radius 2 is 1.48 bits per heavy atom. The van der Waals surface area contributed by atoms with Crippen LogP contribution in [0.4, 0.5) is 0 Å². The second-order valence-electron chi connectivity index (χ2n) is 6.01. The van der Waals surface area contributed by atoms with Crippen LogP contribution >= 0.6 is 0 Å². The Kier molecular flexibility index (Phi) is 6.27. The highest BCUT2D eigenvalue weighted by Gasteiger charge is 2.13. The minimum atomic E-state index is -1.23. The van der Waals surface area contributed by atoms with E-state index in [-0.39, 0.29) is 5.70 Å². The zero-order chi connectivity index (χ0) is 20.6. The highest BCUT2D eigenvalue weighted by Crippen LogP contribution is 2.31. The first-order valence-electron chi connectivity index (χ1n) is 8.79. The van der Waals surface area contributed by atoms with Crippen molar-refractivity contribution in [2.75, 3.05) is 7.11 Å². The molecule has 0 aliphatic heterocycles. The van der Waals surface area contributed by atoms with E-state index in [1.54, 1.807) is 73.8 Å². The van der Waals surface area contributed by atoms with Gasteiger partial charge in [-0.3, -0.25) is 4.79 Å². The molecule has 0 radical (unpaired) electrons. The van der Waals surface area contributed by atoms with Gasteiger partial charge in [0.05, 0.1) is 7.11 Å². The summed E-state index contributed by atoms with van der Waals surface area (Å²) in [5.41, 5.74) is 0.751. The van der Waals surface area contributed by atoms with Crippen LogP contribution in [-0.4, -0.2) is 24.1 Å². The number of carboxylic acids is 1. The number of benzene rings is 3. The van der Waals surface area contributed by atoms with Gasteiger partial charge in [0.25, 0.3) is 5.91 Å². The molecule has 3 aromatic carbocycles. The van der Waals surface area contributed by atoms with Crippen molar-refractivity contribution in [3.8, 4) is 17.2 Å². The van der Waals surface area contributed by atoms with Crippen molar-refractivity contribution in [3.05, 3.63) is 95.7 Å². The van der Waals surface area contributed by atoms with Crippen LogP contribution in [0.25, 0.3) is 6.08 Å². The molecule has 0 aliphatic carbocycles. The maximum atomic E-state index is 12.2. The zero-order valence-corrected chi connectivity index (χ0v) is 15.7. The third kappa shape index (κ3) is 5.23. The van der Waals surface area contributed by atoms with Gasteiger partial charge in [0.1, 0.15) is 11.4 Å². The second kappa shape index (κ2) is 9.23. The van der Waals surface area contributed by atoms with Crippen molar-refractivity contribution < 1.29 is 24.2 Å². The standard InChI is InChI=1S/C23H19NO5/c1-28-20-9-5-6-10-21(20)29-18-13-11-16(12-14-18)15-19(23(26)27)24-22(25)17-7-3-2-4-8-17/h2-15H,1H3,(H,24,25)(H,26,27)/b19-15+. The van der Waals surface area contributed by atoms with Crippen LogP contribution in [0.15, 0.2) is 84.6 Å².